The highest BCUT2D eigenvalue weighted by Crippen LogP contribution is 2.47. The van der Waals surface area contributed by atoms with E-state index in [0.29, 0.717) is 12.8 Å². The number of phosphoric ester groups is 1. The van der Waals surface area contributed by atoms with Gasteiger partial charge in [0, 0.05) is 12.8 Å². The number of ether oxygens (including phenoxy) is 2. The fourth-order valence-electron chi connectivity index (χ4n) is 7.29. The quantitative estimate of drug-likeness (QED) is 0.0147. The number of allylic oxidation sites excluding steroid dienone is 6. The molecule has 1 fully saturated rings. The van der Waals surface area contributed by atoms with Crippen LogP contribution in [0.25, 0.3) is 0 Å². The summed E-state index contributed by atoms with van der Waals surface area (Å²) in [7, 11) is -5.12. The molecule has 1 aliphatic carbocycles. The maximum absolute atomic E-state index is 12.8. The van der Waals surface area contributed by atoms with Gasteiger partial charge in [0.05, 0.1) is 6.61 Å². The van der Waals surface area contributed by atoms with Crippen molar-refractivity contribution in [1.82, 2.24) is 0 Å². The molecule has 1 aliphatic rings. The molecule has 0 radical (unpaired) electrons. The normalized spacial score (nSPS) is 22.1. The number of aliphatic hydroxyl groups excluding tert-OH is 5. The topological polar surface area (TPSA) is 210 Å². The van der Waals surface area contributed by atoms with Crippen LogP contribution in [-0.2, 0) is 32.7 Å². The van der Waals surface area contributed by atoms with Gasteiger partial charge in [0.2, 0.25) is 0 Å². The van der Waals surface area contributed by atoms with Gasteiger partial charge in [-0.1, -0.05) is 172 Å². The monoisotopic (exact) mass is 903 g/mol. The first kappa shape index (κ1) is 58.1. The molecule has 0 bridgehead atoms. The van der Waals surface area contributed by atoms with E-state index < -0.39 is 75.7 Å². The highest BCUT2D eigenvalue weighted by atomic mass is 31.2. The molecule has 0 amide bonds. The van der Waals surface area contributed by atoms with Crippen molar-refractivity contribution in [3.63, 3.8) is 0 Å². The summed E-state index contributed by atoms with van der Waals surface area (Å²) in [6, 6.07) is 0. The van der Waals surface area contributed by atoms with Crippen molar-refractivity contribution >= 4 is 19.8 Å². The predicted octanol–water partition coefficient (Wildman–Crippen LogP) is 9.78. The lowest BCUT2D eigenvalue weighted by molar-refractivity contribution is -0.220. The minimum Gasteiger partial charge on any atom is -0.462 e. The Hall–Kier alpha value is -1.93. The third kappa shape index (κ3) is 30.3. The summed E-state index contributed by atoms with van der Waals surface area (Å²) in [4.78, 5) is 35.7. The predicted molar refractivity (Wildman–Crippen MR) is 244 cm³/mol. The molecule has 13 nitrogen and oxygen atoms in total. The molecular formula is C48H87O13P. The van der Waals surface area contributed by atoms with Gasteiger partial charge < -0.3 is 39.9 Å². The molecule has 14 heteroatoms. The first-order chi connectivity index (χ1) is 29.9. The average Bonchev–Trinajstić information content (AvgIpc) is 3.25. The number of carbonyl (C=O) groups is 2. The molecule has 0 aromatic rings. The van der Waals surface area contributed by atoms with Crippen molar-refractivity contribution in [2.75, 3.05) is 13.2 Å². The number of carbonyl (C=O) groups excluding carboxylic acids is 2. The van der Waals surface area contributed by atoms with Crippen molar-refractivity contribution in [2.45, 2.75) is 243 Å². The molecule has 0 aliphatic heterocycles. The zero-order valence-corrected chi connectivity index (χ0v) is 39.3. The molecule has 0 aromatic carbocycles. The van der Waals surface area contributed by atoms with Crippen LogP contribution in [-0.4, -0.2) is 98.3 Å². The minimum atomic E-state index is -5.12. The molecular weight excluding hydrogens is 815 g/mol. The number of rotatable bonds is 40. The van der Waals surface area contributed by atoms with E-state index in [9.17, 15) is 44.6 Å². The lowest BCUT2D eigenvalue weighted by Gasteiger charge is -2.41. The van der Waals surface area contributed by atoms with E-state index in [2.05, 4.69) is 50.3 Å². The van der Waals surface area contributed by atoms with E-state index in [0.717, 1.165) is 64.2 Å². The molecule has 0 heterocycles. The Bertz CT molecular complexity index is 1230. The lowest BCUT2D eigenvalue weighted by atomic mass is 9.85. The molecule has 0 spiro atoms. The highest BCUT2D eigenvalue weighted by molar-refractivity contribution is 7.47. The lowest BCUT2D eigenvalue weighted by Crippen LogP contribution is -2.64. The van der Waals surface area contributed by atoms with Gasteiger partial charge >= 0.3 is 19.8 Å². The van der Waals surface area contributed by atoms with Gasteiger partial charge in [-0.2, -0.15) is 0 Å². The second-order valence-electron chi connectivity index (χ2n) is 17.0. The molecule has 1 saturated carbocycles. The molecule has 0 aromatic heterocycles. The standard InChI is InChI=1S/C48H87O13P/c1-3-5-7-9-11-13-15-17-19-21-23-25-27-29-31-33-35-37-42(50)60-40(39-59-62(56,57)61-48-46(54)44(52)43(51)45(53)47(48)55)38-58-41(49)36-34-32-30-28-26-24-22-20-18-16-14-12-10-8-6-4-2/h11,13,17,19,23,25,40,43-48,51-55H,3-10,12,14-16,18,20-22,24,26-39H2,1-2H3,(H,56,57)/b13-11+,19-17+,25-23+/t40-,43?,44-,45?,46?,47?,48?/m0/s1. The van der Waals surface area contributed by atoms with E-state index >= 15 is 0 Å². The highest BCUT2D eigenvalue weighted by Gasteiger charge is 2.51. The van der Waals surface area contributed by atoms with Crippen LogP contribution in [0.3, 0.4) is 0 Å². The van der Waals surface area contributed by atoms with Crippen LogP contribution in [0.15, 0.2) is 36.5 Å². The van der Waals surface area contributed by atoms with Gasteiger partial charge in [-0.25, -0.2) is 4.57 Å². The molecule has 1 rings (SSSR count). The summed E-state index contributed by atoms with van der Waals surface area (Å²) in [5.41, 5.74) is 0. The summed E-state index contributed by atoms with van der Waals surface area (Å²) < 4.78 is 33.6. The minimum absolute atomic E-state index is 0.0726. The Morgan fingerprint density at radius 3 is 1.35 bits per heavy atom. The van der Waals surface area contributed by atoms with Crippen molar-refractivity contribution in [2.24, 2.45) is 0 Å². The Balaban J connectivity index is 2.45. The summed E-state index contributed by atoms with van der Waals surface area (Å²) in [5.74, 6) is -1.12. The number of hydrogen-bond acceptors (Lipinski definition) is 12. The maximum atomic E-state index is 12.8. The van der Waals surface area contributed by atoms with Crippen LogP contribution in [0.5, 0.6) is 0 Å². The molecule has 0 saturated heterocycles. The van der Waals surface area contributed by atoms with Crippen LogP contribution in [0.1, 0.15) is 200 Å². The molecule has 8 atom stereocenters. The fraction of sp³-hybridized carbons (Fsp3) is 0.833. The third-order valence-electron chi connectivity index (χ3n) is 11.2. The third-order valence-corrected chi connectivity index (χ3v) is 12.2. The summed E-state index contributed by atoms with van der Waals surface area (Å²) >= 11 is 0. The van der Waals surface area contributed by atoms with Crippen LogP contribution in [0.2, 0.25) is 0 Å². The summed E-state index contributed by atoms with van der Waals surface area (Å²) in [6.45, 7) is 3.27. The first-order valence-electron chi connectivity index (χ1n) is 24.3. The number of hydrogen-bond donors (Lipinski definition) is 6. The summed E-state index contributed by atoms with van der Waals surface area (Å²) in [5, 5.41) is 50.2. The second-order valence-corrected chi connectivity index (χ2v) is 18.4. The average molecular weight is 903 g/mol. The van der Waals surface area contributed by atoms with Gasteiger partial charge in [-0.15, -0.1) is 0 Å². The van der Waals surface area contributed by atoms with E-state index in [4.69, 9.17) is 18.5 Å². The number of phosphoric acid groups is 1. The van der Waals surface area contributed by atoms with E-state index in [-0.39, 0.29) is 12.8 Å². The van der Waals surface area contributed by atoms with Gasteiger partial charge in [0.1, 0.15) is 43.2 Å². The van der Waals surface area contributed by atoms with E-state index in [1.807, 2.05) is 0 Å². The molecule has 6 unspecified atom stereocenters. The molecule has 62 heavy (non-hydrogen) atoms. The first-order valence-corrected chi connectivity index (χ1v) is 25.8. The Kier molecular flexibility index (Phi) is 35.9. The zero-order chi connectivity index (χ0) is 45.7. The van der Waals surface area contributed by atoms with Gasteiger partial charge in [-0.05, 0) is 51.4 Å². The van der Waals surface area contributed by atoms with Crippen molar-refractivity contribution in [1.29, 1.82) is 0 Å². The van der Waals surface area contributed by atoms with Crippen LogP contribution in [0.4, 0.5) is 0 Å². The van der Waals surface area contributed by atoms with Gasteiger partial charge in [-0.3, -0.25) is 18.6 Å². The van der Waals surface area contributed by atoms with Crippen LogP contribution in [0, 0.1) is 0 Å². The van der Waals surface area contributed by atoms with Gasteiger partial charge in [0.15, 0.2) is 6.10 Å². The number of unbranched alkanes of at least 4 members (excludes halogenated alkanes) is 22. The Morgan fingerprint density at radius 1 is 0.500 bits per heavy atom. The fourth-order valence-corrected chi connectivity index (χ4v) is 8.27. The number of esters is 2. The Morgan fingerprint density at radius 2 is 0.871 bits per heavy atom. The van der Waals surface area contributed by atoms with E-state index in [1.54, 1.807) is 0 Å². The smallest absolute Gasteiger partial charge is 0.462 e. The van der Waals surface area contributed by atoms with Gasteiger partial charge in [0.25, 0.3) is 0 Å². The number of aliphatic hydroxyl groups is 5. The second kappa shape index (κ2) is 38.3. The SMILES string of the molecule is CCCCC/C=C/C/C=C/C/C=C/CCCCCCC(=O)O[C@@H](COC(=O)CCCCCCCCCCCCCCCCCC)COP(=O)(O)OC1C(O)C(O)C(O)[C@H](O)C1O. The van der Waals surface area contributed by atoms with Crippen molar-refractivity contribution < 1.29 is 63.1 Å². The summed E-state index contributed by atoms with van der Waals surface area (Å²) in [6.07, 6.45) is 30.5. The van der Waals surface area contributed by atoms with Crippen molar-refractivity contribution in [3.8, 4) is 0 Å². The van der Waals surface area contributed by atoms with Crippen LogP contribution < -0.4 is 0 Å². The molecule has 6 N–H and O–H groups in total. The zero-order valence-electron chi connectivity index (χ0n) is 38.4. The maximum Gasteiger partial charge on any atom is 0.472 e. The van der Waals surface area contributed by atoms with Crippen molar-refractivity contribution in [3.05, 3.63) is 36.5 Å². The molecule has 362 valence electrons. The van der Waals surface area contributed by atoms with E-state index in [1.165, 1.54) is 96.3 Å². The van der Waals surface area contributed by atoms with Crippen LogP contribution >= 0.6 is 7.82 Å². The largest absolute Gasteiger partial charge is 0.472 e. The Labute approximate surface area is 374 Å².